The lowest BCUT2D eigenvalue weighted by molar-refractivity contribution is 0.0428. The number of carbonyl (C=O) groups is 2. The van der Waals surface area contributed by atoms with Gasteiger partial charge in [-0.05, 0) is 18.3 Å². The SMILES string of the molecule is CC(C)C[C@H](C)COC(=O)c1c(Cl)c(Cl)c(Cl)c(Cl)c1C(=O)O. The number of carboxylic acids is 1. The van der Waals surface area contributed by atoms with Crippen LogP contribution in [-0.4, -0.2) is 23.7 Å². The van der Waals surface area contributed by atoms with Crippen molar-refractivity contribution in [3.8, 4) is 0 Å². The third kappa shape index (κ3) is 4.90. The second kappa shape index (κ2) is 8.43. The molecule has 128 valence electrons. The Kier molecular flexibility index (Phi) is 7.46. The molecular weight excluding hydrogens is 386 g/mol. The molecule has 4 nitrogen and oxygen atoms in total. The fourth-order valence-corrected chi connectivity index (χ4v) is 3.20. The van der Waals surface area contributed by atoms with Crippen molar-refractivity contribution in [3.63, 3.8) is 0 Å². The summed E-state index contributed by atoms with van der Waals surface area (Å²) in [7, 11) is 0. The Hall–Kier alpha value is -0.680. The Morgan fingerprint density at radius 3 is 1.87 bits per heavy atom. The number of benzene rings is 1. The molecule has 1 aromatic carbocycles. The molecule has 1 N–H and O–H groups in total. The van der Waals surface area contributed by atoms with Crippen molar-refractivity contribution in [1.82, 2.24) is 0 Å². The Bertz CT molecular complexity index is 629. The van der Waals surface area contributed by atoms with E-state index in [2.05, 4.69) is 13.8 Å². The lowest BCUT2D eigenvalue weighted by Gasteiger charge is -2.16. The minimum Gasteiger partial charge on any atom is -0.478 e. The second-order valence-corrected chi connectivity index (χ2v) is 7.16. The van der Waals surface area contributed by atoms with Crippen molar-refractivity contribution >= 4 is 58.3 Å². The molecule has 0 amide bonds. The van der Waals surface area contributed by atoms with E-state index in [-0.39, 0.29) is 32.6 Å². The molecule has 0 unspecified atom stereocenters. The van der Waals surface area contributed by atoms with Crippen molar-refractivity contribution in [3.05, 3.63) is 31.2 Å². The van der Waals surface area contributed by atoms with Gasteiger partial charge in [-0.3, -0.25) is 0 Å². The van der Waals surface area contributed by atoms with Crippen LogP contribution in [0.2, 0.25) is 20.1 Å². The van der Waals surface area contributed by atoms with Crippen molar-refractivity contribution in [1.29, 1.82) is 0 Å². The number of ether oxygens (including phenoxy) is 1. The first-order chi connectivity index (χ1) is 10.6. The monoisotopic (exact) mass is 400 g/mol. The van der Waals surface area contributed by atoms with Gasteiger partial charge in [0.05, 0.1) is 37.8 Å². The smallest absolute Gasteiger partial charge is 0.340 e. The van der Waals surface area contributed by atoms with Crippen LogP contribution in [0.25, 0.3) is 0 Å². The van der Waals surface area contributed by atoms with Gasteiger partial charge in [0.1, 0.15) is 0 Å². The highest BCUT2D eigenvalue weighted by molar-refractivity contribution is 6.54. The molecule has 8 heteroatoms. The highest BCUT2D eigenvalue weighted by Gasteiger charge is 2.30. The van der Waals surface area contributed by atoms with Crippen molar-refractivity contribution in [2.75, 3.05) is 6.61 Å². The van der Waals surface area contributed by atoms with E-state index in [1.807, 2.05) is 6.92 Å². The van der Waals surface area contributed by atoms with E-state index < -0.39 is 23.1 Å². The Morgan fingerprint density at radius 2 is 1.43 bits per heavy atom. The first-order valence-corrected chi connectivity index (χ1v) is 8.35. The van der Waals surface area contributed by atoms with Gasteiger partial charge in [0.15, 0.2) is 0 Å². The Balaban J connectivity index is 3.16. The summed E-state index contributed by atoms with van der Waals surface area (Å²) in [5.41, 5.74) is -0.914. The maximum absolute atomic E-state index is 12.3. The molecule has 1 aromatic rings. The number of carbonyl (C=O) groups excluding carboxylic acids is 1. The molecule has 0 aromatic heterocycles. The van der Waals surface area contributed by atoms with Gasteiger partial charge in [-0.2, -0.15) is 0 Å². The molecule has 0 saturated carbocycles. The van der Waals surface area contributed by atoms with Crippen LogP contribution >= 0.6 is 46.4 Å². The van der Waals surface area contributed by atoms with Crippen molar-refractivity contribution < 1.29 is 19.4 Å². The van der Waals surface area contributed by atoms with E-state index in [9.17, 15) is 14.7 Å². The summed E-state index contributed by atoms with van der Waals surface area (Å²) < 4.78 is 5.17. The molecule has 0 spiro atoms. The molecule has 0 bridgehead atoms. The first kappa shape index (κ1) is 20.4. The fraction of sp³-hybridized carbons (Fsp3) is 0.467. The minimum absolute atomic E-state index is 0.115. The molecular formula is C15H16Cl4O4. The predicted octanol–water partition coefficient (Wildman–Crippen LogP) is 5.84. The van der Waals surface area contributed by atoms with Crippen molar-refractivity contribution in [2.45, 2.75) is 27.2 Å². The van der Waals surface area contributed by atoms with Crippen LogP contribution in [-0.2, 0) is 4.74 Å². The summed E-state index contributed by atoms with van der Waals surface area (Å²) in [6.07, 6.45) is 0.856. The van der Waals surface area contributed by atoms with Gasteiger partial charge in [0.25, 0.3) is 0 Å². The molecule has 0 fully saturated rings. The lowest BCUT2D eigenvalue weighted by Crippen LogP contribution is -2.17. The second-order valence-electron chi connectivity index (χ2n) is 5.64. The molecule has 23 heavy (non-hydrogen) atoms. The number of carboxylic acid groups (broad SMARTS) is 1. The van der Waals surface area contributed by atoms with E-state index >= 15 is 0 Å². The molecule has 0 radical (unpaired) electrons. The minimum atomic E-state index is -1.45. The first-order valence-electron chi connectivity index (χ1n) is 6.84. The molecule has 1 atom stereocenters. The molecule has 0 aliphatic heterocycles. The summed E-state index contributed by atoms with van der Waals surface area (Å²) in [6, 6.07) is 0. The van der Waals surface area contributed by atoms with Crippen LogP contribution in [0.5, 0.6) is 0 Å². The number of rotatable bonds is 6. The van der Waals surface area contributed by atoms with Crippen LogP contribution in [0.3, 0.4) is 0 Å². The highest BCUT2D eigenvalue weighted by atomic mass is 35.5. The largest absolute Gasteiger partial charge is 0.478 e. The van der Waals surface area contributed by atoms with Gasteiger partial charge >= 0.3 is 11.9 Å². The summed E-state index contributed by atoms with van der Waals surface area (Å²) in [6.45, 7) is 6.16. The maximum Gasteiger partial charge on any atom is 0.340 e. The van der Waals surface area contributed by atoms with Gasteiger partial charge < -0.3 is 9.84 Å². The molecule has 1 rings (SSSR count). The van der Waals surface area contributed by atoms with E-state index in [1.165, 1.54) is 0 Å². The van der Waals surface area contributed by atoms with Crippen molar-refractivity contribution in [2.24, 2.45) is 11.8 Å². The number of hydrogen-bond acceptors (Lipinski definition) is 3. The molecule has 0 aliphatic carbocycles. The van der Waals surface area contributed by atoms with Gasteiger partial charge in [-0.25, -0.2) is 9.59 Å². The van der Waals surface area contributed by atoms with Gasteiger partial charge in [-0.1, -0.05) is 67.2 Å². The summed E-state index contributed by atoms with van der Waals surface area (Å²) >= 11 is 23.6. The fourth-order valence-electron chi connectivity index (χ4n) is 2.19. The van der Waals surface area contributed by atoms with Gasteiger partial charge in [0, 0.05) is 0 Å². The van der Waals surface area contributed by atoms with Crippen LogP contribution in [0.15, 0.2) is 0 Å². The van der Waals surface area contributed by atoms with Gasteiger partial charge in [0.2, 0.25) is 0 Å². The number of esters is 1. The average Bonchev–Trinajstić information content (AvgIpc) is 2.44. The van der Waals surface area contributed by atoms with Crippen LogP contribution in [0.1, 0.15) is 47.9 Å². The Labute approximate surface area is 154 Å². The van der Waals surface area contributed by atoms with E-state index in [1.54, 1.807) is 0 Å². The van der Waals surface area contributed by atoms with Crippen LogP contribution in [0.4, 0.5) is 0 Å². The Morgan fingerprint density at radius 1 is 0.957 bits per heavy atom. The third-order valence-corrected chi connectivity index (χ3v) is 4.86. The lowest BCUT2D eigenvalue weighted by atomic mass is 10.00. The average molecular weight is 402 g/mol. The maximum atomic E-state index is 12.3. The summed E-state index contributed by atoms with van der Waals surface area (Å²) in [5, 5.41) is 8.22. The zero-order chi connectivity index (χ0) is 17.9. The molecule has 0 saturated heterocycles. The number of aromatic carboxylic acids is 1. The van der Waals surface area contributed by atoms with E-state index in [4.69, 9.17) is 51.1 Å². The molecule has 0 heterocycles. The quantitative estimate of drug-likeness (QED) is 0.369. The molecule has 0 aliphatic rings. The summed E-state index contributed by atoms with van der Waals surface area (Å²) in [4.78, 5) is 23.7. The van der Waals surface area contributed by atoms with Crippen LogP contribution in [0, 0.1) is 11.8 Å². The summed E-state index contributed by atoms with van der Waals surface area (Å²) in [5.74, 6) is -1.79. The standard InChI is InChI=1S/C15H16Cl4O4/c1-6(2)4-7(3)5-23-15(22)9-8(14(20)21)10(16)12(18)13(19)11(9)17/h6-7H,4-5H2,1-3H3,(H,20,21)/t7-/m0/s1. The van der Waals surface area contributed by atoms with Crippen LogP contribution < -0.4 is 0 Å². The zero-order valence-electron chi connectivity index (χ0n) is 12.8. The topological polar surface area (TPSA) is 63.6 Å². The van der Waals surface area contributed by atoms with E-state index in [0.717, 1.165) is 6.42 Å². The number of halogens is 4. The predicted molar refractivity (Wildman–Crippen MR) is 92.3 cm³/mol. The van der Waals surface area contributed by atoms with Gasteiger partial charge in [-0.15, -0.1) is 0 Å². The highest BCUT2D eigenvalue weighted by Crippen LogP contribution is 2.41. The zero-order valence-corrected chi connectivity index (χ0v) is 15.8. The number of hydrogen-bond donors (Lipinski definition) is 1. The van der Waals surface area contributed by atoms with E-state index in [0.29, 0.717) is 5.92 Å². The normalized spacial score (nSPS) is 12.3. The third-order valence-electron chi connectivity index (χ3n) is 3.06.